The standard InChI is InChI=1S/C9H9IN2O/c1-13-8-2-6(4-11)9(10)7(3-8)5-12/h2-3H,4,11H2,1H3. The Kier molecular flexibility index (Phi) is 3.51. The molecule has 0 unspecified atom stereocenters. The Morgan fingerprint density at radius 1 is 1.62 bits per heavy atom. The van der Waals surface area contributed by atoms with Gasteiger partial charge in [-0.1, -0.05) is 0 Å². The first-order valence-electron chi connectivity index (χ1n) is 3.69. The fourth-order valence-corrected chi connectivity index (χ4v) is 1.66. The number of nitrogens with zero attached hydrogens (tertiary/aromatic N) is 1. The van der Waals surface area contributed by atoms with Gasteiger partial charge in [-0.3, -0.25) is 0 Å². The summed E-state index contributed by atoms with van der Waals surface area (Å²) in [5, 5.41) is 8.81. The van der Waals surface area contributed by atoms with Gasteiger partial charge < -0.3 is 10.5 Å². The lowest BCUT2D eigenvalue weighted by atomic mass is 10.1. The van der Waals surface area contributed by atoms with Gasteiger partial charge in [0.25, 0.3) is 0 Å². The first kappa shape index (κ1) is 10.3. The SMILES string of the molecule is COc1cc(C#N)c(I)c(CN)c1. The van der Waals surface area contributed by atoms with Gasteiger partial charge in [0.1, 0.15) is 11.8 Å². The van der Waals surface area contributed by atoms with E-state index >= 15 is 0 Å². The Hall–Kier alpha value is -0.800. The van der Waals surface area contributed by atoms with Crippen molar-refractivity contribution in [1.82, 2.24) is 0 Å². The van der Waals surface area contributed by atoms with E-state index in [1.165, 1.54) is 0 Å². The highest BCUT2D eigenvalue weighted by Crippen LogP contribution is 2.23. The van der Waals surface area contributed by atoms with E-state index in [1.54, 1.807) is 13.2 Å². The average Bonchev–Trinajstić information content (AvgIpc) is 2.18. The predicted octanol–water partition coefficient (Wildman–Crippen LogP) is 1.63. The highest BCUT2D eigenvalue weighted by Gasteiger charge is 2.06. The van der Waals surface area contributed by atoms with Crippen molar-refractivity contribution in [2.24, 2.45) is 5.73 Å². The number of ether oxygens (including phenoxy) is 1. The zero-order chi connectivity index (χ0) is 9.84. The topological polar surface area (TPSA) is 59.0 Å². The second-order valence-electron chi connectivity index (χ2n) is 2.46. The molecule has 3 nitrogen and oxygen atoms in total. The molecule has 0 radical (unpaired) electrons. The normalized spacial score (nSPS) is 9.38. The fraction of sp³-hybridized carbons (Fsp3) is 0.222. The van der Waals surface area contributed by atoms with Crippen LogP contribution in [0.5, 0.6) is 5.75 Å². The third kappa shape index (κ3) is 2.11. The van der Waals surface area contributed by atoms with E-state index in [0.29, 0.717) is 17.9 Å². The summed E-state index contributed by atoms with van der Waals surface area (Å²) in [6.45, 7) is 0.421. The molecule has 2 N–H and O–H groups in total. The lowest BCUT2D eigenvalue weighted by molar-refractivity contribution is 0.414. The second kappa shape index (κ2) is 4.44. The summed E-state index contributed by atoms with van der Waals surface area (Å²) in [6, 6.07) is 5.66. The molecule has 1 rings (SSSR count). The van der Waals surface area contributed by atoms with E-state index in [-0.39, 0.29) is 0 Å². The van der Waals surface area contributed by atoms with Crippen LogP contribution in [-0.4, -0.2) is 7.11 Å². The van der Waals surface area contributed by atoms with Crippen molar-refractivity contribution in [2.45, 2.75) is 6.54 Å². The highest BCUT2D eigenvalue weighted by molar-refractivity contribution is 14.1. The molecule has 0 saturated heterocycles. The Morgan fingerprint density at radius 2 is 2.31 bits per heavy atom. The van der Waals surface area contributed by atoms with Crippen LogP contribution in [0.15, 0.2) is 12.1 Å². The number of nitriles is 1. The van der Waals surface area contributed by atoms with Gasteiger partial charge in [-0.2, -0.15) is 5.26 Å². The summed E-state index contributed by atoms with van der Waals surface area (Å²) in [6.07, 6.45) is 0. The number of hydrogen-bond acceptors (Lipinski definition) is 3. The van der Waals surface area contributed by atoms with E-state index in [0.717, 1.165) is 9.13 Å². The zero-order valence-electron chi connectivity index (χ0n) is 7.17. The second-order valence-corrected chi connectivity index (χ2v) is 3.54. The molecule has 1 aromatic carbocycles. The Labute approximate surface area is 90.6 Å². The predicted molar refractivity (Wildman–Crippen MR) is 58.3 cm³/mol. The van der Waals surface area contributed by atoms with Crippen molar-refractivity contribution >= 4 is 22.6 Å². The molecule has 0 bridgehead atoms. The van der Waals surface area contributed by atoms with Crippen LogP contribution in [0.3, 0.4) is 0 Å². The van der Waals surface area contributed by atoms with Crippen LogP contribution in [0, 0.1) is 14.9 Å². The summed E-state index contributed by atoms with van der Waals surface area (Å²) in [7, 11) is 1.57. The Balaban J connectivity index is 3.31. The molecule has 0 aliphatic rings. The quantitative estimate of drug-likeness (QED) is 0.841. The number of hydrogen-bond donors (Lipinski definition) is 1. The van der Waals surface area contributed by atoms with Gasteiger partial charge in [0.2, 0.25) is 0 Å². The number of benzene rings is 1. The molecular weight excluding hydrogens is 279 g/mol. The molecule has 0 heterocycles. The maximum absolute atomic E-state index is 8.81. The van der Waals surface area contributed by atoms with Crippen LogP contribution in [0.1, 0.15) is 11.1 Å². The first-order chi connectivity index (χ1) is 6.22. The van der Waals surface area contributed by atoms with Crippen LogP contribution in [-0.2, 0) is 6.54 Å². The molecule has 0 spiro atoms. The van der Waals surface area contributed by atoms with Gasteiger partial charge in [-0.15, -0.1) is 0 Å². The van der Waals surface area contributed by atoms with Crippen LogP contribution < -0.4 is 10.5 Å². The van der Waals surface area contributed by atoms with Crippen LogP contribution in [0.4, 0.5) is 0 Å². The van der Waals surface area contributed by atoms with E-state index in [2.05, 4.69) is 28.7 Å². The van der Waals surface area contributed by atoms with Crippen molar-refractivity contribution < 1.29 is 4.74 Å². The van der Waals surface area contributed by atoms with Crippen molar-refractivity contribution in [3.63, 3.8) is 0 Å². The van der Waals surface area contributed by atoms with E-state index < -0.39 is 0 Å². The van der Waals surface area contributed by atoms with Gasteiger partial charge in [0, 0.05) is 10.1 Å². The third-order valence-electron chi connectivity index (χ3n) is 1.70. The van der Waals surface area contributed by atoms with Gasteiger partial charge >= 0.3 is 0 Å². The van der Waals surface area contributed by atoms with Crippen molar-refractivity contribution in [3.05, 3.63) is 26.8 Å². The molecular formula is C9H9IN2O. The minimum absolute atomic E-state index is 0.421. The summed E-state index contributed by atoms with van der Waals surface area (Å²) in [4.78, 5) is 0. The highest BCUT2D eigenvalue weighted by atomic mass is 127. The minimum Gasteiger partial charge on any atom is -0.497 e. The first-order valence-corrected chi connectivity index (χ1v) is 4.77. The molecule has 0 aliphatic heterocycles. The van der Waals surface area contributed by atoms with Crippen LogP contribution in [0.2, 0.25) is 0 Å². The largest absolute Gasteiger partial charge is 0.497 e. The van der Waals surface area contributed by atoms with Gasteiger partial charge in [0.05, 0.1) is 12.7 Å². The zero-order valence-corrected chi connectivity index (χ0v) is 9.33. The fourth-order valence-electron chi connectivity index (χ4n) is 1.00. The molecule has 0 aromatic heterocycles. The minimum atomic E-state index is 0.421. The third-order valence-corrected chi connectivity index (χ3v) is 2.97. The summed E-state index contributed by atoms with van der Waals surface area (Å²) in [5.41, 5.74) is 7.08. The van der Waals surface area contributed by atoms with E-state index in [4.69, 9.17) is 15.7 Å². The lowest BCUT2D eigenvalue weighted by Crippen LogP contribution is -2.01. The number of rotatable bonds is 2. The molecule has 0 amide bonds. The Morgan fingerprint density at radius 3 is 2.77 bits per heavy atom. The molecule has 0 fully saturated rings. The monoisotopic (exact) mass is 288 g/mol. The summed E-state index contributed by atoms with van der Waals surface area (Å²) < 4.78 is 5.95. The van der Waals surface area contributed by atoms with E-state index in [9.17, 15) is 0 Å². The molecule has 0 atom stereocenters. The Bertz CT molecular complexity index is 357. The molecule has 13 heavy (non-hydrogen) atoms. The van der Waals surface area contributed by atoms with Crippen LogP contribution >= 0.6 is 22.6 Å². The van der Waals surface area contributed by atoms with E-state index in [1.807, 2.05) is 6.07 Å². The van der Waals surface area contributed by atoms with Gasteiger partial charge in [-0.05, 0) is 40.3 Å². The maximum atomic E-state index is 8.81. The molecule has 0 saturated carbocycles. The summed E-state index contributed by atoms with van der Waals surface area (Å²) >= 11 is 2.12. The lowest BCUT2D eigenvalue weighted by Gasteiger charge is -2.06. The van der Waals surface area contributed by atoms with Crippen molar-refractivity contribution in [3.8, 4) is 11.8 Å². The number of nitrogens with two attached hydrogens (primary N) is 1. The number of halogens is 1. The van der Waals surface area contributed by atoms with Crippen molar-refractivity contribution in [2.75, 3.05) is 7.11 Å². The van der Waals surface area contributed by atoms with Crippen LogP contribution in [0.25, 0.3) is 0 Å². The molecule has 0 aliphatic carbocycles. The van der Waals surface area contributed by atoms with Crippen molar-refractivity contribution in [1.29, 1.82) is 5.26 Å². The maximum Gasteiger partial charge on any atom is 0.120 e. The van der Waals surface area contributed by atoms with Gasteiger partial charge in [0.15, 0.2) is 0 Å². The summed E-state index contributed by atoms with van der Waals surface area (Å²) in [5.74, 6) is 0.678. The smallest absolute Gasteiger partial charge is 0.120 e. The molecule has 4 heteroatoms. The molecule has 1 aromatic rings. The number of methoxy groups -OCH3 is 1. The average molecular weight is 288 g/mol. The molecule has 68 valence electrons. The van der Waals surface area contributed by atoms with Gasteiger partial charge in [-0.25, -0.2) is 0 Å².